The summed E-state index contributed by atoms with van der Waals surface area (Å²) in [7, 11) is 0. The number of quaternary nitrogens is 1. The van der Waals surface area contributed by atoms with Crippen molar-refractivity contribution in [1.82, 2.24) is 4.57 Å². The van der Waals surface area contributed by atoms with Crippen LogP contribution < -0.4 is 10.6 Å². The zero-order valence-electron chi connectivity index (χ0n) is 15.9. The van der Waals surface area contributed by atoms with Gasteiger partial charge in [0.1, 0.15) is 6.54 Å². The predicted octanol–water partition coefficient (Wildman–Crippen LogP) is 1.77. The van der Waals surface area contributed by atoms with Gasteiger partial charge in [-0.15, -0.1) is 0 Å². The lowest BCUT2D eigenvalue weighted by atomic mass is 9.96. The van der Waals surface area contributed by atoms with Crippen molar-refractivity contribution in [3.05, 3.63) is 57.9 Å². The molecule has 2 aromatic rings. The van der Waals surface area contributed by atoms with E-state index in [1.165, 1.54) is 4.90 Å². The van der Waals surface area contributed by atoms with Crippen molar-refractivity contribution >= 4 is 23.3 Å². The molecule has 0 unspecified atom stereocenters. The molecular formula is C21H27ClN3O2+. The van der Waals surface area contributed by atoms with E-state index in [0.717, 1.165) is 53.5 Å². The second-order valence-electron chi connectivity index (χ2n) is 7.49. The number of carbonyl (C=O) groups is 2. The molecule has 1 aromatic heterocycles. The van der Waals surface area contributed by atoms with Crippen LogP contribution in [-0.4, -0.2) is 35.9 Å². The van der Waals surface area contributed by atoms with Crippen molar-refractivity contribution in [1.29, 1.82) is 0 Å². The van der Waals surface area contributed by atoms with Crippen LogP contribution in [0.2, 0.25) is 5.02 Å². The molecule has 1 aromatic carbocycles. The highest BCUT2D eigenvalue weighted by Gasteiger charge is 2.28. The molecule has 5 nitrogen and oxygen atoms in total. The van der Waals surface area contributed by atoms with E-state index in [1.807, 2.05) is 44.2 Å². The molecule has 1 aliphatic rings. The first-order chi connectivity index (χ1) is 12.9. The van der Waals surface area contributed by atoms with Gasteiger partial charge in [0.2, 0.25) is 11.7 Å². The molecule has 3 N–H and O–H groups in total. The first-order valence-corrected chi connectivity index (χ1v) is 9.80. The van der Waals surface area contributed by atoms with E-state index in [4.69, 9.17) is 17.3 Å². The lowest BCUT2D eigenvalue weighted by Gasteiger charge is -2.27. The molecule has 0 atom stereocenters. The summed E-state index contributed by atoms with van der Waals surface area (Å²) in [6.45, 7) is 6.76. The molecule has 6 heteroatoms. The molecule has 2 heterocycles. The number of nitrogens with two attached hydrogens (primary N) is 1. The summed E-state index contributed by atoms with van der Waals surface area (Å²) in [6, 6.07) is 9.76. The average molecular weight is 389 g/mol. The lowest BCUT2D eigenvalue weighted by Crippen LogP contribution is -3.14. The van der Waals surface area contributed by atoms with Gasteiger partial charge in [0.25, 0.3) is 0 Å². The molecule has 1 amide bonds. The van der Waals surface area contributed by atoms with E-state index in [-0.39, 0.29) is 17.6 Å². The van der Waals surface area contributed by atoms with Crippen molar-refractivity contribution in [2.24, 2.45) is 11.7 Å². The fourth-order valence-electron chi connectivity index (χ4n) is 3.93. The van der Waals surface area contributed by atoms with Gasteiger partial charge in [0, 0.05) is 47.3 Å². The minimum atomic E-state index is -0.219. The number of amides is 1. The summed E-state index contributed by atoms with van der Waals surface area (Å²) in [6.07, 6.45) is 1.53. The number of hydrogen-bond donors (Lipinski definition) is 2. The quantitative estimate of drug-likeness (QED) is 0.740. The molecule has 1 saturated heterocycles. The SMILES string of the molecule is Cc1cc(C(=O)C[NH+]2CCC(C(N)=O)CC2)c(C)n1Cc1ccccc1Cl. The Labute approximate surface area is 165 Å². The Balaban J connectivity index is 1.70. The lowest BCUT2D eigenvalue weighted by molar-refractivity contribution is -0.897. The zero-order valence-corrected chi connectivity index (χ0v) is 16.7. The van der Waals surface area contributed by atoms with E-state index in [0.29, 0.717) is 13.1 Å². The van der Waals surface area contributed by atoms with Crippen molar-refractivity contribution in [3.8, 4) is 0 Å². The minimum Gasteiger partial charge on any atom is -0.369 e. The predicted molar refractivity (Wildman–Crippen MR) is 106 cm³/mol. The van der Waals surface area contributed by atoms with Crippen molar-refractivity contribution in [2.45, 2.75) is 33.2 Å². The third-order valence-electron chi connectivity index (χ3n) is 5.67. The highest BCUT2D eigenvalue weighted by Crippen LogP contribution is 2.21. The molecule has 1 fully saturated rings. The van der Waals surface area contributed by atoms with Gasteiger partial charge in [-0.1, -0.05) is 29.8 Å². The maximum absolute atomic E-state index is 12.9. The molecule has 144 valence electrons. The molecular weight excluding hydrogens is 362 g/mol. The number of rotatable bonds is 6. The third kappa shape index (κ3) is 4.42. The van der Waals surface area contributed by atoms with Gasteiger partial charge in [-0.05, 0) is 31.5 Å². The number of benzene rings is 1. The summed E-state index contributed by atoms with van der Waals surface area (Å²) in [5.74, 6) is -0.103. The Hall–Kier alpha value is -2.11. The van der Waals surface area contributed by atoms with E-state index in [2.05, 4.69) is 4.57 Å². The second kappa shape index (κ2) is 8.28. The van der Waals surface area contributed by atoms with Gasteiger partial charge in [-0.25, -0.2) is 0 Å². The largest absolute Gasteiger partial charge is 0.369 e. The number of hydrogen-bond acceptors (Lipinski definition) is 2. The standard InChI is InChI=1S/C21H26ClN3O2/c1-14-11-18(15(2)25(14)12-17-5-3-4-6-19(17)22)20(26)13-24-9-7-16(8-10-24)21(23)27/h3-6,11,16H,7-10,12-13H2,1-2H3,(H2,23,27)/p+1. The van der Waals surface area contributed by atoms with Gasteiger partial charge >= 0.3 is 0 Å². The number of halogens is 1. The smallest absolute Gasteiger partial charge is 0.220 e. The van der Waals surface area contributed by atoms with Gasteiger partial charge in [-0.2, -0.15) is 0 Å². The summed E-state index contributed by atoms with van der Waals surface area (Å²) in [5.41, 5.74) is 9.24. The van der Waals surface area contributed by atoms with Gasteiger partial charge < -0.3 is 15.2 Å². The highest BCUT2D eigenvalue weighted by atomic mass is 35.5. The molecule has 0 aliphatic carbocycles. The number of ketones is 1. The number of carbonyl (C=O) groups excluding carboxylic acids is 2. The molecule has 1 aliphatic heterocycles. The van der Waals surface area contributed by atoms with E-state index in [1.54, 1.807) is 0 Å². The van der Waals surface area contributed by atoms with Crippen LogP contribution in [0.4, 0.5) is 0 Å². The monoisotopic (exact) mass is 388 g/mol. The Morgan fingerprint density at radius 3 is 2.52 bits per heavy atom. The Morgan fingerprint density at radius 2 is 1.89 bits per heavy atom. The third-order valence-corrected chi connectivity index (χ3v) is 6.03. The number of Topliss-reactive ketones (excluding diaryl/α,β-unsaturated/α-hetero) is 1. The highest BCUT2D eigenvalue weighted by molar-refractivity contribution is 6.31. The molecule has 0 saturated carbocycles. The number of nitrogens with zero attached hydrogens (tertiary/aromatic N) is 1. The van der Waals surface area contributed by atoms with Crippen LogP contribution in [0.15, 0.2) is 30.3 Å². The van der Waals surface area contributed by atoms with Crippen LogP contribution in [0.3, 0.4) is 0 Å². The Bertz CT molecular complexity index is 851. The summed E-state index contributed by atoms with van der Waals surface area (Å²) in [4.78, 5) is 25.4. The number of piperidine rings is 1. The second-order valence-corrected chi connectivity index (χ2v) is 7.90. The van der Waals surface area contributed by atoms with Gasteiger partial charge in [-0.3, -0.25) is 9.59 Å². The molecule has 0 bridgehead atoms. The number of likely N-dealkylation sites (tertiary alicyclic amines) is 1. The van der Waals surface area contributed by atoms with Crippen LogP contribution in [0, 0.1) is 19.8 Å². The topological polar surface area (TPSA) is 69.5 Å². The van der Waals surface area contributed by atoms with E-state index in [9.17, 15) is 9.59 Å². The summed E-state index contributed by atoms with van der Waals surface area (Å²) in [5, 5.41) is 0.736. The van der Waals surface area contributed by atoms with E-state index >= 15 is 0 Å². The average Bonchev–Trinajstić information content (AvgIpc) is 2.92. The van der Waals surface area contributed by atoms with E-state index < -0.39 is 0 Å². The van der Waals surface area contributed by atoms with Gasteiger partial charge in [0.15, 0.2) is 0 Å². The normalized spacial score (nSPS) is 19.8. The fourth-order valence-corrected chi connectivity index (χ4v) is 4.13. The van der Waals surface area contributed by atoms with Crippen LogP contribution in [0.1, 0.15) is 40.2 Å². The number of aromatic nitrogens is 1. The maximum Gasteiger partial charge on any atom is 0.220 e. The first-order valence-electron chi connectivity index (χ1n) is 9.43. The van der Waals surface area contributed by atoms with Crippen molar-refractivity contribution < 1.29 is 14.5 Å². The van der Waals surface area contributed by atoms with Crippen LogP contribution in [0.25, 0.3) is 0 Å². The number of aryl methyl sites for hydroxylation is 1. The molecule has 27 heavy (non-hydrogen) atoms. The fraction of sp³-hybridized carbons (Fsp3) is 0.429. The van der Waals surface area contributed by atoms with Crippen molar-refractivity contribution in [3.63, 3.8) is 0 Å². The Kier molecular flexibility index (Phi) is 6.02. The molecule has 0 radical (unpaired) electrons. The minimum absolute atomic E-state index is 0.0375. The van der Waals surface area contributed by atoms with Crippen molar-refractivity contribution in [2.75, 3.05) is 19.6 Å². The first kappa shape index (κ1) is 19.6. The number of primary amides is 1. The summed E-state index contributed by atoms with van der Waals surface area (Å²) >= 11 is 6.29. The van der Waals surface area contributed by atoms with Crippen LogP contribution in [0.5, 0.6) is 0 Å². The Morgan fingerprint density at radius 1 is 1.22 bits per heavy atom. The van der Waals surface area contributed by atoms with Crippen LogP contribution >= 0.6 is 11.6 Å². The summed E-state index contributed by atoms with van der Waals surface area (Å²) < 4.78 is 2.14. The van der Waals surface area contributed by atoms with Gasteiger partial charge in [0.05, 0.1) is 13.1 Å². The number of nitrogens with one attached hydrogen (secondary N) is 1. The zero-order chi connectivity index (χ0) is 19.6. The maximum atomic E-state index is 12.9. The molecule has 0 spiro atoms. The van der Waals surface area contributed by atoms with Crippen LogP contribution in [-0.2, 0) is 11.3 Å². The molecule has 3 rings (SSSR count).